The third kappa shape index (κ3) is 5.30. The Morgan fingerprint density at radius 1 is 1.00 bits per heavy atom. The molecule has 0 saturated carbocycles. The number of nitrogens with zero attached hydrogens (tertiary/aromatic N) is 3. The average molecular weight is 492 g/mol. The van der Waals surface area contributed by atoms with Gasteiger partial charge in [0.05, 0.1) is 26.0 Å². The van der Waals surface area contributed by atoms with E-state index in [-0.39, 0.29) is 24.4 Å². The molecule has 0 bridgehead atoms. The number of hydrogen-bond acceptors (Lipinski definition) is 5. The smallest absolute Gasteiger partial charge is 0.262 e. The summed E-state index contributed by atoms with van der Waals surface area (Å²) in [5.74, 6) is 0.775. The maximum absolute atomic E-state index is 13.4. The molecule has 0 fully saturated rings. The third-order valence-electron chi connectivity index (χ3n) is 5.89. The van der Waals surface area contributed by atoms with E-state index in [0.717, 1.165) is 16.8 Å². The van der Waals surface area contributed by atoms with Crippen LogP contribution in [0.3, 0.4) is 0 Å². The van der Waals surface area contributed by atoms with E-state index < -0.39 is 0 Å². The van der Waals surface area contributed by atoms with Gasteiger partial charge in [-0.25, -0.2) is 5.01 Å². The van der Waals surface area contributed by atoms with Crippen molar-refractivity contribution in [3.05, 3.63) is 94.5 Å². The molecule has 1 atom stereocenters. The van der Waals surface area contributed by atoms with Crippen molar-refractivity contribution in [2.24, 2.45) is 5.10 Å². The zero-order chi connectivity index (χ0) is 24.9. The first kappa shape index (κ1) is 24.3. The van der Waals surface area contributed by atoms with Gasteiger partial charge in [0.15, 0.2) is 0 Å². The fourth-order valence-corrected chi connectivity index (χ4v) is 4.27. The van der Waals surface area contributed by atoms with Gasteiger partial charge >= 0.3 is 0 Å². The fourth-order valence-electron chi connectivity index (χ4n) is 4.01. The second-order valence-corrected chi connectivity index (χ2v) is 8.56. The Hall–Kier alpha value is -3.84. The molecule has 1 aliphatic heterocycles. The Kier molecular flexibility index (Phi) is 7.36. The number of ether oxygens (including phenoxy) is 2. The molecule has 0 N–H and O–H groups in total. The van der Waals surface area contributed by atoms with Gasteiger partial charge in [-0.3, -0.25) is 9.59 Å². The van der Waals surface area contributed by atoms with E-state index in [1.807, 2.05) is 42.5 Å². The molecule has 180 valence electrons. The van der Waals surface area contributed by atoms with Gasteiger partial charge in [0.2, 0.25) is 0 Å². The Balaban J connectivity index is 1.59. The van der Waals surface area contributed by atoms with E-state index in [4.69, 9.17) is 21.1 Å². The Morgan fingerprint density at radius 2 is 1.71 bits per heavy atom. The molecular weight excluding hydrogens is 466 g/mol. The maximum atomic E-state index is 13.4. The van der Waals surface area contributed by atoms with Crippen LogP contribution < -0.4 is 9.47 Å². The topological polar surface area (TPSA) is 71.4 Å². The first-order valence-electron chi connectivity index (χ1n) is 11.1. The zero-order valence-electron chi connectivity index (χ0n) is 19.8. The molecule has 0 spiro atoms. The minimum atomic E-state index is -0.387. The molecule has 8 heteroatoms. The van der Waals surface area contributed by atoms with Crippen molar-refractivity contribution in [2.45, 2.75) is 12.5 Å². The van der Waals surface area contributed by atoms with Gasteiger partial charge in [0.1, 0.15) is 18.0 Å². The number of amides is 2. The van der Waals surface area contributed by atoms with Crippen LogP contribution in [0, 0.1) is 0 Å². The van der Waals surface area contributed by atoms with Crippen molar-refractivity contribution in [2.75, 3.05) is 27.8 Å². The fraction of sp³-hybridized carbons (Fsp3) is 0.222. The van der Waals surface area contributed by atoms with Crippen molar-refractivity contribution >= 4 is 29.1 Å². The van der Waals surface area contributed by atoms with Crippen molar-refractivity contribution < 1.29 is 19.1 Å². The van der Waals surface area contributed by atoms with Crippen LogP contribution in [0.5, 0.6) is 11.5 Å². The highest BCUT2D eigenvalue weighted by Crippen LogP contribution is 2.36. The number of hydrogen-bond donors (Lipinski definition) is 0. The second-order valence-electron chi connectivity index (χ2n) is 8.15. The summed E-state index contributed by atoms with van der Waals surface area (Å²) in [6.45, 7) is -0.138. The van der Waals surface area contributed by atoms with Crippen LogP contribution in [0.2, 0.25) is 5.02 Å². The van der Waals surface area contributed by atoms with Gasteiger partial charge in [-0.2, -0.15) is 5.10 Å². The Bertz CT molecular complexity index is 1260. The number of methoxy groups -OCH3 is 2. The molecule has 0 aliphatic carbocycles. The summed E-state index contributed by atoms with van der Waals surface area (Å²) < 4.78 is 10.5. The van der Waals surface area contributed by atoms with Crippen LogP contribution in [-0.4, -0.2) is 55.2 Å². The number of likely N-dealkylation sites (N-methyl/N-ethyl adjacent to an activating group) is 1. The van der Waals surface area contributed by atoms with Gasteiger partial charge in [-0.1, -0.05) is 41.9 Å². The summed E-state index contributed by atoms with van der Waals surface area (Å²) >= 11 is 6.49. The molecular formula is C27H26ClN3O4. The summed E-state index contributed by atoms with van der Waals surface area (Å²) in [7, 11) is 4.76. The van der Waals surface area contributed by atoms with E-state index in [1.165, 1.54) is 9.91 Å². The molecule has 0 aromatic heterocycles. The molecule has 0 unspecified atom stereocenters. The molecule has 0 saturated heterocycles. The van der Waals surface area contributed by atoms with Crippen LogP contribution in [0.15, 0.2) is 77.9 Å². The van der Waals surface area contributed by atoms with E-state index in [2.05, 4.69) is 5.10 Å². The molecule has 3 aromatic rings. The Labute approximate surface area is 209 Å². The average Bonchev–Trinajstić information content (AvgIpc) is 3.34. The highest BCUT2D eigenvalue weighted by molar-refractivity contribution is 6.31. The van der Waals surface area contributed by atoms with Crippen molar-refractivity contribution in [1.29, 1.82) is 0 Å². The van der Waals surface area contributed by atoms with Crippen LogP contribution in [0.4, 0.5) is 0 Å². The lowest BCUT2D eigenvalue weighted by atomic mass is 9.98. The van der Waals surface area contributed by atoms with Crippen LogP contribution in [0.25, 0.3) is 0 Å². The van der Waals surface area contributed by atoms with E-state index in [9.17, 15) is 9.59 Å². The van der Waals surface area contributed by atoms with E-state index >= 15 is 0 Å². The molecule has 7 nitrogen and oxygen atoms in total. The number of carbonyl (C=O) groups is 2. The lowest BCUT2D eigenvalue weighted by Crippen LogP contribution is -2.39. The summed E-state index contributed by atoms with van der Waals surface area (Å²) in [6, 6.07) is 21.3. The van der Waals surface area contributed by atoms with E-state index in [0.29, 0.717) is 28.5 Å². The van der Waals surface area contributed by atoms with Gasteiger partial charge in [-0.05, 0) is 48.0 Å². The largest absolute Gasteiger partial charge is 0.497 e. The maximum Gasteiger partial charge on any atom is 0.262 e. The first-order chi connectivity index (χ1) is 16.9. The summed E-state index contributed by atoms with van der Waals surface area (Å²) in [4.78, 5) is 27.7. The molecule has 0 radical (unpaired) electrons. The molecule has 1 aliphatic rings. The standard InChI is InChI=1S/C27H26ClN3O4/c1-30(27(33)18-11-13-20(34-2)14-12-18)17-26(32)31-25(22-9-4-5-10-23(22)28)16-24(29-31)19-7-6-8-21(15-19)35-3/h4-15,25H,16-17H2,1-3H3/t25-/m0/s1. The zero-order valence-corrected chi connectivity index (χ0v) is 20.5. The van der Waals surface area contributed by atoms with Gasteiger partial charge < -0.3 is 14.4 Å². The summed E-state index contributed by atoms with van der Waals surface area (Å²) in [6.07, 6.45) is 0.485. The van der Waals surface area contributed by atoms with Gasteiger partial charge in [0, 0.05) is 29.6 Å². The van der Waals surface area contributed by atoms with Gasteiger partial charge in [0.25, 0.3) is 11.8 Å². The number of halogens is 1. The number of carbonyl (C=O) groups excluding carboxylic acids is 2. The quantitative estimate of drug-likeness (QED) is 0.475. The normalized spacial score (nSPS) is 14.9. The van der Waals surface area contributed by atoms with Crippen LogP contribution >= 0.6 is 11.6 Å². The van der Waals surface area contributed by atoms with Gasteiger partial charge in [-0.15, -0.1) is 0 Å². The predicted molar refractivity (Wildman–Crippen MR) is 135 cm³/mol. The summed E-state index contributed by atoms with van der Waals surface area (Å²) in [5, 5.41) is 6.67. The Morgan fingerprint density at radius 3 is 2.40 bits per heavy atom. The monoisotopic (exact) mass is 491 g/mol. The van der Waals surface area contributed by atoms with E-state index in [1.54, 1.807) is 51.6 Å². The molecule has 4 rings (SSSR count). The number of benzene rings is 3. The highest BCUT2D eigenvalue weighted by Gasteiger charge is 2.35. The number of hydrazone groups is 1. The second kappa shape index (κ2) is 10.6. The lowest BCUT2D eigenvalue weighted by molar-refractivity contribution is -0.133. The van der Waals surface area contributed by atoms with Crippen LogP contribution in [0.1, 0.15) is 33.9 Å². The van der Waals surface area contributed by atoms with Crippen LogP contribution in [-0.2, 0) is 4.79 Å². The SMILES string of the molecule is COc1ccc(C(=O)N(C)CC(=O)N2N=C(c3cccc(OC)c3)C[C@H]2c2ccccc2Cl)cc1. The first-order valence-corrected chi connectivity index (χ1v) is 11.5. The van der Waals surface area contributed by atoms with Crippen molar-refractivity contribution in [1.82, 2.24) is 9.91 Å². The number of rotatable bonds is 7. The summed E-state index contributed by atoms with van der Waals surface area (Å²) in [5.41, 5.74) is 2.87. The van der Waals surface area contributed by atoms with Crippen molar-refractivity contribution in [3.8, 4) is 11.5 Å². The highest BCUT2D eigenvalue weighted by atomic mass is 35.5. The lowest BCUT2D eigenvalue weighted by Gasteiger charge is -2.25. The third-order valence-corrected chi connectivity index (χ3v) is 6.23. The molecule has 3 aromatic carbocycles. The minimum absolute atomic E-state index is 0.138. The molecule has 1 heterocycles. The predicted octanol–water partition coefficient (Wildman–Crippen LogP) is 4.81. The van der Waals surface area contributed by atoms with Crippen molar-refractivity contribution in [3.63, 3.8) is 0 Å². The minimum Gasteiger partial charge on any atom is -0.497 e. The molecule has 2 amide bonds. The molecule has 35 heavy (non-hydrogen) atoms.